The van der Waals surface area contributed by atoms with Gasteiger partial charge in [-0.15, -0.1) is 0 Å². The van der Waals surface area contributed by atoms with E-state index in [2.05, 4.69) is 10.1 Å². The van der Waals surface area contributed by atoms with Crippen LogP contribution in [0.15, 0.2) is 34.9 Å². The van der Waals surface area contributed by atoms with Crippen molar-refractivity contribution in [3.63, 3.8) is 0 Å². The van der Waals surface area contributed by atoms with E-state index in [0.29, 0.717) is 30.5 Å². The summed E-state index contributed by atoms with van der Waals surface area (Å²) >= 11 is 0. The second-order valence-electron chi connectivity index (χ2n) is 7.62. The number of carbonyl (C=O) groups excluding carboxylic acids is 1. The minimum absolute atomic E-state index is 0.0491. The molecule has 0 radical (unpaired) electrons. The first-order valence-corrected chi connectivity index (χ1v) is 9.96. The molecule has 0 N–H and O–H groups in total. The van der Waals surface area contributed by atoms with Gasteiger partial charge in [0.05, 0.1) is 5.69 Å². The van der Waals surface area contributed by atoms with Gasteiger partial charge < -0.3 is 9.42 Å². The van der Waals surface area contributed by atoms with Crippen LogP contribution < -0.4 is 0 Å². The fourth-order valence-corrected chi connectivity index (χ4v) is 4.35. The van der Waals surface area contributed by atoms with E-state index in [1.165, 1.54) is 5.69 Å². The number of hydrogen-bond acceptors (Lipinski definition) is 5. The average Bonchev–Trinajstić information content (AvgIpc) is 3.45. The van der Waals surface area contributed by atoms with Crippen LogP contribution in [-0.4, -0.2) is 43.8 Å². The minimum Gasteiger partial charge on any atom is -0.339 e. The first kappa shape index (κ1) is 17.2. The predicted octanol–water partition coefficient (Wildman–Crippen LogP) is 3.07. The fourth-order valence-electron chi connectivity index (χ4n) is 4.35. The monoisotopic (exact) mass is 377 g/mol. The molecule has 1 aromatic carbocycles. The SMILES string of the molecule is Cc1noc(C2CCN(C(=O)c3nn(-c4ccccc4)c4c3CCC4)CC2)n1. The highest BCUT2D eigenvalue weighted by molar-refractivity contribution is 5.94. The lowest BCUT2D eigenvalue weighted by Gasteiger charge is -2.30. The molecule has 3 heterocycles. The van der Waals surface area contributed by atoms with Crippen molar-refractivity contribution in [2.75, 3.05) is 13.1 Å². The van der Waals surface area contributed by atoms with Crippen molar-refractivity contribution in [3.05, 3.63) is 59.0 Å². The van der Waals surface area contributed by atoms with Gasteiger partial charge in [0.2, 0.25) is 5.89 Å². The Bertz CT molecular complexity index is 999. The van der Waals surface area contributed by atoms with Gasteiger partial charge in [-0.2, -0.15) is 10.1 Å². The maximum Gasteiger partial charge on any atom is 0.274 e. The van der Waals surface area contributed by atoms with E-state index in [1.54, 1.807) is 0 Å². The Balaban J connectivity index is 1.36. The molecule has 0 spiro atoms. The smallest absolute Gasteiger partial charge is 0.274 e. The van der Waals surface area contributed by atoms with Gasteiger partial charge >= 0.3 is 0 Å². The molecular formula is C21H23N5O2. The zero-order valence-electron chi connectivity index (χ0n) is 16.0. The summed E-state index contributed by atoms with van der Waals surface area (Å²) in [5.74, 6) is 1.64. The molecule has 0 bridgehead atoms. The largest absolute Gasteiger partial charge is 0.339 e. The summed E-state index contributed by atoms with van der Waals surface area (Å²) in [6.45, 7) is 3.21. The molecule has 28 heavy (non-hydrogen) atoms. The zero-order chi connectivity index (χ0) is 19.1. The van der Waals surface area contributed by atoms with Crippen LogP contribution in [0.1, 0.15) is 58.6 Å². The molecular weight excluding hydrogens is 354 g/mol. The third kappa shape index (κ3) is 2.91. The van der Waals surface area contributed by atoms with Gasteiger partial charge in [0.25, 0.3) is 5.91 Å². The molecule has 7 nitrogen and oxygen atoms in total. The molecule has 1 amide bonds. The number of nitrogens with zero attached hydrogens (tertiary/aromatic N) is 5. The lowest BCUT2D eigenvalue weighted by atomic mass is 9.96. The van der Waals surface area contributed by atoms with Gasteiger partial charge in [0, 0.05) is 30.3 Å². The Morgan fingerprint density at radius 1 is 1.14 bits per heavy atom. The molecule has 0 saturated carbocycles. The topological polar surface area (TPSA) is 77.0 Å². The van der Waals surface area contributed by atoms with Crippen LogP contribution in [0, 0.1) is 6.92 Å². The van der Waals surface area contributed by atoms with Crippen LogP contribution in [0.5, 0.6) is 0 Å². The predicted molar refractivity (Wildman–Crippen MR) is 103 cm³/mol. The van der Waals surface area contributed by atoms with Crippen LogP contribution in [0.4, 0.5) is 0 Å². The summed E-state index contributed by atoms with van der Waals surface area (Å²) in [5, 5.41) is 8.63. The lowest BCUT2D eigenvalue weighted by Crippen LogP contribution is -2.38. The fraction of sp³-hybridized carbons (Fsp3) is 0.429. The molecule has 144 valence electrons. The van der Waals surface area contributed by atoms with Crippen LogP contribution in [0.3, 0.4) is 0 Å². The van der Waals surface area contributed by atoms with Crippen LogP contribution in [-0.2, 0) is 12.8 Å². The van der Waals surface area contributed by atoms with Gasteiger partial charge in [-0.3, -0.25) is 4.79 Å². The standard InChI is InChI=1S/C21H23N5O2/c1-14-22-20(28-24-14)15-10-12-25(13-11-15)21(27)19-17-8-5-9-18(17)26(23-19)16-6-3-2-4-7-16/h2-4,6-7,15H,5,8-13H2,1H3. The summed E-state index contributed by atoms with van der Waals surface area (Å²) in [6.07, 6.45) is 4.67. The third-order valence-corrected chi connectivity index (χ3v) is 5.81. The second kappa shape index (κ2) is 6.89. The lowest BCUT2D eigenvalue weighted by molar-refractivity contribution is 0.0697. The number of rotatable bonds is 3. The number of amides is 1. The highest BCUT2D eigenvalue weighted by Gasteiger charge is 2.32. The number of likely N-dealkylation sites (tertiary alicyclic amines) is 1. The Morgan fingerprint density at radius 2 is 1.93 bits per heavy atom. The Labute approximate surface area is 163 Å². The Hall–Kier alpha value is -2.96. The molecule has 5 rings (SSSR count). The van der Waals surface area contributed by atoms with E-state index in [-0.39, 0.29) is 11.8 Å². The number of piperidine rings is 1. The van der Waals surface area contributed by atoms with Crippen molar-refractivity contribution in [2.45, 2.75) is 44.9 Å². The highest BCUT2D eigenvalue weighted by atomic mass is 16.5. The van der Waals surface area contributed by atoms with Crippen LogP contribution in [0.2, 0.25) is 0 Å². The Morgan fingerprint density at radius 3 is 2.64 bits per heavy atom. The number of para-hydroxylation sites is 1. The maximum atomic E-state index is 13.3. The van der Waals surface area contributed by atoms with Gasteiger partial charge in [-0.05, 0) is 51.2 Å². The van der Waals surface area contributed by atoms with E-state index in [4.69, 9.17) is 9.62 Å². The van der Waals surface area contributed by atoms with E-state index in [9.17, 15) is 4.79 Å². The van der Waals surface area contributed by atoms with E-state index < -0.39 is 0 Å². The Kier molecular flexibility index (Phi) is 4.22. The molecule has 0 atom stereocenters. The summed E-state index contributed by atoms with van der Waals surface area (Å²) in [6, 6.07) is 10.1. The summed E-state index contributed by atoms with van der Waals surface area (Å²) in [7, 11) is 0. The van der Waals surface area contributed by atoms with Crippen LogP contribution in [0.25, 0.3) is 5.69 Å². The van der Waals surface area contributed by atoms with Crippen LogP contribution >= 0.6 is 0 Å². The third-order valence-electron chi connectivity index (χ3n) is 5.81. The summed E-state index contributed by atoms with van der Waals surface area (Å²) in [4.78, 5) is 19.5. The first-order chi connectivity index (χ1) is 13.7. The number of aryl methyl sites for hydroxylation is 1. The summed E-state index contributed by atoms with van der Waals surface area (Å²) < 4.78 is 7.28. The van der Waals surface area contributed by atoms with E-state index >= 15 is 0 Å². The normalized spacial score (nSPS) is 17.1. The molecule has 1 aliphatic heterocycles. The molecule has 2 aliphatic rings. The van der Waals surface area contributed by atoms with Crippen molar-refractivity contribution in [1.82, 2.24) is 24.8 Å². The van der Waals surface area contributed by atoms with Crippen molar-refractivity contribution in [1.29, 1.82) is 0 Å². The maximum absolute atomic E-state index is 13.3. The number of aromatic nitrogens is 4. The van der Waals surface area contributed by atoms with Gasteiger partial charge in [0.1, 0.15) is 0 Å². The molecule has 1 fully saturated rings. The van der Waals surface area contributed by atoms with Crippen molar-refractivity contribution >= 4 is 5.91 Å². The quantitative estimate of drug-likeness (QED) is 0.701. The first-order valence-electron chi connectivity index (χ1n) is 9.96. The highest BCUT2D eigenvalue weighted by Crippen LogP contribution is 2.31. The van der Waals surface area contributed by atoms with E-state index in [1.807, 2.05) is 46.8 Å². The number of benzene rings is 1. The van der Waals surface area contributed by atoms with Gasteiger partial charge in [0.15, 0.2) is 11.5 Å². The molecule has 1 saturated heterocycles. The van der Waals surface area contributed by atoms with Crippen molar-refractivity contribution in [2.24, 2.45) is 0 Å². The number of carbonyl (C=O) groups is 1. The molecule has 3 aromatic rings. The summed E-state index contributed by atoms with van der Waals surface area (Å²) in [5.41, 5.74) is 3.96. The molecule has 0 unspecified atom stereocenters. The molecule has 7 heteroatoms. The average molecular weight is 377 g/mol. The zero-order valence-corrected chi connectivity index (χ0v) is 16.0. The molecule has 2 aromatic heterocycles. The minimum atomic E-state index is 0.0491. The second-order valence-corrected chi connectivity index (χ2v) is 7.62. The number of fused-ring (bicyclic) bond motifs is 1. The van der Waals surface area contributed by atoms with Gasteiger partial charge in [-0.25, -0.2) is 4.68 Å². The molecule has 1 aliphatic carbocycles. The van der Waals surface area contributed by atoms with E-state index in [0.717, 1.165) is 43.4 Å². The van der Waals surface area contributed by atoms with Crippen molar-refractivity contribution < 1.29 is 9.32 Å². The van der Waals surface area contributed by atoms with Gasteiger partial charge in [-0.1, -0.05) is 23.4 Å². The number of hydrogen-bond donors (Lipinski definition) is 0. The van der Waals surface area contributed by atoms with Crippen molar-refractivity contribution in [3.8, 4) is 5.69 Å².